The zero-order valence-electron chi connectivity index (χ0n) is 11.4. The molecule has 8 heteroatoms. The van der Waals surface area contributed by atoms with E-state index in [0.29, 0.717) is 22.3 Å². The zero-order valence-corrected chi connectivity index (χ0v) is 12.9. The van der Waals surface area contributed by atoms with E-state index < -0.39 is 0 Å². The highest BCUT2D eigenvalue weighted by atomic mass is 35.5. The molecule has 0 spiro atoms. The summed E-state index contributed by atoms with van der Waals surface area (Å²) in [5.41, 5.74) is 0.481. The first kappa shape index (κ1) is 15.6. The van der Waals surface area contributed by atoms with E-state index in [1.54, 1.807) is 24.5 Å². The second-order valence-electron chi connectivity index (χ2n) is 4.47. The van der Waals surface area contributed by atoms with Gasteiger partial charge in [-0.1, -0.05) is 23.2 Å². The second kappa shape index (κ2) is 7.28. The summed E-state index contributed by atoms with van der Waals surface area (Å²) in [6.45, 7) is 0.525. The van der Waals surface area contributed by atoms with Crippen LogP contribution in [0.25, 0.3) is 0 Å². The monoisotopic (exact) mass is 327 g/mol. The predicted molar refractivity (Wildman–Crippen MR) is 82.8 cm³/mol. The van der Waals surface area contributed by atoms with Gasteiger partial charge in [0.2, 0.25) is 0 Å². The molecule has 1 heterocycles. The Morgan fingerprint density at radius 2 is 2.19 bits per heavy atom. The molecule has 0 aliphatic rings. The van der Waals surface area contributed by atoms with Crippen LogP contribution in [-0.2, 0) is 13.5 Å². The van der Waals surface area contributed by atoms with Gasteiger partial charge >= 0.3 is 6.03 Å². The van der Waals surface area contributed by atoms with Crippen molar-refractivity contribution in [2.24, 2.45) is 7.05 Å². The van der Waals surface area contributed by atoms with Crippen molar-refractivity contribution in [3.05, 3.63) is 40.4 Å². The molecule has 0 atom stereocenters. The van der Waals surface area contributed by atoms with Gasteiger partial charge < -0.3 is 15.2 Å². The maximum absolute atomic E-state index is 11.7. The van der Waals surface area contributed by atoms with E-state index in [0.717, 1.165) is 18.7 Å². The molecule has 0 bridgehead atoms. The number of amides is 2. The van der Waals surface area contributed by atoms with Gasteiger partial charge in [0.1, 0.15) is 12.2 Å². The van der Waals surface area contributed by atoms with E-state index in [1.165, 1.54) is 0 Å². The largest absolute Gasteiger partial charge is 0.338 e. The molecule has 0 aliphatic heterocycles. The molecule has 1 aromatic heterocycles. The van der Waals surface area contributed by atoms with E-state index >= 15 is 0 Å². The van der Waals surface area contributed by atoms with E-state index in [9.17, 15) is 4.79 Å². The first-order valence-corrected chi connectivity index (χ1v) is 7.14. The van der Waals surface area contributed by atoms with Crippen LogP contribution < -0.4 is 10.6 Å². The van der Waals surface area contributed by atoms with Gasteiger partial charge in [0.15, 0.2) is 0 Å². The summed E-state index contributed by atoms with van der Waals surface area (Å²) in [6, 6.07) is 4.57. The number of nitrogens with one attached hydrogen (secondary N) is 2. The Kier molecular flexibility index (Phi) is 5.41. The molecule has 2 N–H and O–H groups in total. The lowest BCUT2D eigenvalue weighted by Crippen LogP contribution is -2.30. The fraction of sp³-hybridized carbons (Fsp3) is 0.308. The Morgan fingerprint density at radius 3 is 2.90 bits per heavy atom. The molecule has 0 unspecified atom stereocenters. The molecule has 2 rings (SSSR count). The van der Waals surface area contributed by atoms with E-state index in [2.05, 4.69) is 20.8 Å². The van der Waals surface area contributed by atoms with E-state index in [-0.39, 0.29) is 6.03 Å². The highest BCUT2D eigenvalue weighted by Gasteiger charge is 2.06. The van der Waals surface area contributed by atoms with Crippen molar-refractivity contribution in [2.45, 2.75) is 12.8 Å². The van der Waals surface area contributed by atoms with Crippen molar-refractivity contribution in [1.82, 2.24) is 20.1 Å². The molecule has 1 aromatic carbocycles. The summed E-state index contributed by atoms with van der Waals surface area (Å²) in [5, 5.41) is 14.1. The number of hydrogen-bond acceptors (Lipinski definition) is 3. The molecule has 0 radical (unpaired) electrons. The van der Waals surface area contributed by atoms with Crippen LogP contribution in [0, 0.1) is 0 Å². The second-order valence-corrected chi connectivity index (χ2v) is 5.31. The summed E-state index contributed by atoms with van der Waals surface area (Å²) >= 11 is 11.8. The number of nitrogens with zero attached hydrogens (tertiary/aromatic N) is 3. The Balaban J connectivity index is 1.75. The zero-order chi connectivity index (χ0) is 15.2. The lowest BCUT2D eigenvalue weighted by Gasteiger charge is -2.09. The Labute approximate surface area is 132 Å². The number of hydrogen-bond donors (Lipinski definition) is 2. The first-order chi connectivity index (χ1) is 10.1. The highest BCUT2D eigenvalue weighted by molar-refractivity contribution is 6.35. The van der Waals surface area contributed by atoms with Gasteiger partial charge in [0.05, 0.1) is 10.7 Å². The van der Waals surface area contributed by atoms with Crippen molar-refractivity contribution in [3.63, 3.8) is 0 Å². The molecule has 112 valence electrons. The van der Waals surface area contributed by atoms with Gasteiger partial charge in [-0.3, -0.25) is 0 Å². The van der Waals surface area contributed by atoms with E-state index in [4.69, 9.17) is 23.2 Å². The number of benzene rings is 1. The third-order valence-electron chi connectivity index (χ3n) is 2.84. The summed E-state index contributed by atoms with van der Waals surface area (Å²) in [4.78, 5) is 11.7. The van der Waals surface area contributed by atoms with Crippen LogP contribution >= 0.6 is 23.2 Å². The first-order valence-electron chi connectivity index (χ1n) is 6.39. The third kappa shape index (κ3) is 4.61. The number of halogens is 2. The highest BCUT2D eigenvalue weighted by Crippen LogP contribution is 2.25. The van der Waals surface area contributed by atoms with Crippen LogP contribution in [0.15, 0.2) is 24.5 Å². The molecular weight excluding hydrogens is 313 g/mol. The number of aryl methyl sites for hydroxylation is 2. The lowest BCUT2D eigenvalue weighted by atomic mass is 10.3. The average Bonchev–Trinajstić information content (AvgIpc) is 2.84. The predicted octanol–water partition coefficient (Wildman–Crippen LogP) is 2.88. The van der Waals surface area contributed by atoms with Crippen molar-refractivity contribution in [2.75, 3.05) is 11.9 Å². The molecule has 2 amide bonds. The smallest absolute Gasteiger partial charge is 0.319 e. The fourth-order valence-electron chi connectivity index (χ4n) is 1.74. The quantitative estimate of drug-likeness (QED) is 0.829. The normalized spacial score (nSPS) is 10.4. The van der Waals surface area contributed by atoms with Gasteiger partial charge in [-0.05, 0) is 24.6 Å². The van der Waals surface area contributed by atoms with Crippen molar-refractivity contribution in [3.8, 4) is 0 Å². The molecule has 0 saturated carbocycles. The number of aromatic nitrogens is 3. The summed E-state index contributed by atoms with van der Waals surface area (Å²) < 4.78 is 1.85. The van der Waals surface area contributed by atoms with Gasteiger partial charge in [-0.25, -0.2) is 4.79 Å². The molecule has 0 aliphatic carbocycles. The topological polar surface area (TPSA) is 71.8 Å². The Bertz CT molecular complexity index is 629. The molecular formula is C13H15Cl2N5O. The maximum Gasteiger partial charge on any atom is 0.319 e. The summed E-state index contributed by atoms with van der Waals surface area (Å²) in [6.07, 6.45) is 3.16. The minimum atomic E-state index is -0.322. The molecule has 2 aromatic rings. The van der Waals surface area contributed by atoms with Crippen LogP contribution in [-0.4, -0.2) is 27.3 Å². The van der Waals surface area contributed by atoms with Crippen molar-refractivity contribution >= 4 is 34.9 Å². The Morgan fingerprint density at radius 1 is 1.38 bits per heavy atom. The third-order valence-corrected chi connectivity index (χ3v) is 3.41. The number of rotatable bonds is 5. The van der Waals surface area contributed by atoms with Crippen molar-refractivity contribution in [1.29, 1.82) is 0 Å². The molecule has 6 nitrogen and oxygen atoms in total. The molecule has 0 saturated heterocycles. The van der Waals surface area contributed by atoms with Crippen LogP contribution in [0.5, 0.6) is 0 Å². The maximum atomic E-state index is 11.7. The van der Waals surface area contributed by atoms with Crippen molar-refractivity contribution < 1.29 is 4.79 Å². The minimum Gasteiger partial charge on any atom is -0.338 e. The molecule has 21 heavy (non-hydrogen) atoms. The van der Waals surface area contributed by atoms with Gasteiger partial charge in [-0.15, -0.1) is 10.2 Å². The van der Waals surface area contributed by atoms with Gasteiger partial charge in [0, 0.05) is 25.0 Å². The standard InChI is InChI=1S/C13H15Cl2N5O/c1-20-8-17-19-12(20)3-2-6-16-13(21)18-11-7-9(14)4-5-10(11)15/h4-5,7-8H,2-3,6H2,1H3,(H2,16,18,21). The summed E-state index contributed by atoms with van der Waals surface area (Å²) in [5.74, 6) is 0.884. The van der Waals surface area contributed by atoms with Gasteiger partial charge in [0.25, 0.3) is 0 Å². The van der Waals surface area contributed by atoms with Crippen LogP contribution in [0.2, 0.25) is 10.0 Å². The van der Waals surface area contributed by atoms with Gasteiger partial charge in [-0.2, -0.15) is 0 Å². The Hall–Kier alpha value is -1.79. The minimum absolute atomic E-state index is 0.322. The SMILES string of the molecule is Cn1cnnc1CCCNC(=O)Nc1cc(Cl)ccc1Cl. The fourth-order valence-corrected chi connectivity index (χ4v) is 2.08. The summed E-state index contributed by atoms with van der Waals surface area (Å²) in [7, 11) is 1.89. The average molecular weight is 328 g/mol. The van der Waals surface area contributed by atoms with Crippen LogP contribution in [0.1, 0.15) is 12.2 Å². The number of carbonyl (C=O) groups excluding carboxylic acids is 1. The van der Waals surface area contributed by atoms with Crippen LogP contribution in [0.4, 0.5) is 10.5 Å². The lowest BCUT2D eigenvalue weighted by molar-refractivity contribution is 0.252. The molecule has 0 fully saturated rings. The number of urea groups is 1. The van der Waals surface area contributed by atoms with E-state index in [1.807, 2.05) is 11.6 Å². The number of carbonyl (C=O) groups is 1. The number of anilines is 1. The van der Waals surface area contributed by atoms with Crippen LogP contribution in [0.3, 0.4) is 0 Å².